The van der Waals surface area contributed by atoms with Crippen molar-refractivity contribution in [2.75, 3.05) is 46.4 Å². The molecule has 1 N–H and O–H groups in total. The lowest BCUT2D eigenvalue weighted by molar-refractivity contribution is 0.0203. The molecule has 60 heavy (non-hydrogen) atoms. The molecule has 0 radical (unpaired) electrons. The van der Waals surface area contributed by atoms with Gasteiger partial charge in [0, 0.05) is 66.6 Å². The molecule has 5 aromatic rings. The number of fused-ring (bicyclic) bond motifs is 1. The van der Waals surface area contributed by atoms with Gasteiger partial charge in [-0.3, -0.25) is 0 Å². The Labute approximate surface area is 350 Å². The van der Waals surface area contributed by atoms with E-state index in [2.05, 4.69) is 11.9 Å². The lowest BCUT2D eigenvalue weighted by atomic mass is 9.92. The first kappa shape index (κ1) is 43.7. The summed E-state index contributed by atoms with van der Waals surface area (Å²) < 4.78 is 51.8. The maximum Gasteiger partial charge on any atom is 0.410 e. The number of aliphatic hydroxyl groups excluding tert-OH is 1. The highest BCUT2D eigenvalue weighted by Crippen LogP contribution is 2.35. The van der Waals surface area contributed by atoms with Crippen molar-refractivity contribution in [2.24, 2.45) is 0 Å². The Morgan fingerprint density at radius 1 is 0.917 bits per heavy atom. The minimum absolute atomic E-state index is 0.0449. The number of aromatic nitrogens is 5. The molecular weight excluding hydrogens is 774 g/mol. The van der Waals surface area contributed by atoms with Crippen LogP contribution >= 0.6 is 0 Å². The maximum absolute atomic E-state index is 16.0. The highest BCUT2D eigenvalue weighted by molar-refractivity contribution is 5.68. The summed E-state index contributed by atoms with van der Waals surface area (Å²) in [4.78, 5) is 30.2. The normalized spacial score (nSPS) is 14.4. The van der Waals surface area contributed by atoms with Gasteiger partial charge >= 0.3 is 12.1 Å². The third kappa shape index (κ3) is 10.1. The van der Waals surface area contributed by atoms with Gasteiger partial charge in [-0.15, -0.1) is 5.10 Å². The zero-order valence-corrected chi connectivity index (χ0v) is 35.9. The average Bonchev–Trinajstić information content (AvgIpc) is 3.66. The van der Waals surface area contributed by atoms with E-state index in [0.29, 0.717) is 66.1 Å². The lowest BCUT2D eigenvalue weighted by Crippen LogP contribution is -2.41. The van der Waals surface area contributed by atoms with E-state index in [1.165, 1.54) is 10.7 Å². The Bertz CT molecular complexity index is 2200. The van der Waals surface area contributed by atoms with Crippen LogP contribution in [0, 0.1) is 5.95 Å². The smallest absolute Gasteiger partial charge is 0.410 e. The molecule has 3 aromatic heterocycles. The van der Waals surface area contributed by atoms with Crippen molar-refractivity contribution in [1.29, 1.82) is 0 Å². The van der Waals surface area contributed by atoms with Gasteiger partial charge in [0.15, 0.2) is 11.5 Å². The number of piperidine rings is 1. The molecule has 1 amide bonds. The van der Waals surface area contributed by atoms with Crippen molar-refractivity contribution in [3.8, 4) is 29.0 Å². The summed E-state index contributed by atoms with van der Waals surface area (Å²) in [6, 6.07) is 14.5. The predicted octanol–water partition coefficient (Wildman–Crippen LogP) is 7.66. The number of benzene rings is 2. The zero-order chi connectivity index (χ0) is 43.1. The molecule has 2 unspecified atom stereocenters. The van der Waals surface area contributed by atoms with E-state index >= 15 is 4.39 Å². The van der Waals surface area contributed by atoms with Gasteiger partial charge < -0.3 is 43.3 Å². The first-order valence-corrected chi connectivity index (χ1v) is 20.2. The van der Waals surface area contributed by atoms with Crippen molar-refractivity contribution in [1.82, 2.24) is 29.5 Å². The number of halogens is 1. The largest absolute Gasteiger partial charge is 0.497 e. The topological polar surface area (TPSA) is 155 Å². The molecule has 1 aliphatic rings. The summed E-state index contributed by atoms with van der Waals surface area (Å²) in [7, 11) is 6.37. The Hall–Kier alpha value is -5.90. The van der Waals surface area contributed by atoms with Crippen LogP contribution in [0.15, 0.2) is 54.7 Å². The van der Waals surface area contributed by atoms with Gasteiger partial charge in [-0.05, 0) is 83.4 Å². The third-order valence-corrected chi connectivity index (χ3v) is 10.4. The molecule has 0 spiro atoms. The van der Waals surface area contributed by atoms with Crippen LogP contribution < -0.4 is 28.6 Å². The van der Waals surface area contributed by atoms with Crippen molar-refractivity contribution in [3.05, 3.63) is 88.8 Å². The van der Waals surface area contributed by atoms with Gasteiger partial charge in [0.2, 0.25) is 5.95 Å². The number of amides is 1. The maximum atomic E-state index is 16.0. The van der Waals surface area contributed by atoms with Crippen LogP contribution in [0.25, 0.3) is 5.65 Å². The first-order chi connectivity index (χ1) is 28.7. The van der Waals surface area contributed by atoms with Crippen molar-refractivity contribution < 1.29 is 42.7 Å². The number of rotatable bonds is 16. The first-order valence-electron chi connectivity index (χ1n) is 20.2. The number of hydrogen-bond acceptors (Lipinski definition) is 13. The number of anilines is 1. The van der Waals surface area contributed by atoms with E-state index in [1.807, 2.05) is 69.0 Å². The highest BCUT2D eigenvalue weighted by atomic mass is 19.1. The highest BCUT2D eigenvalue weighted by Gasteiger charge is 2.31. The minimum Gasteiger partial charge on any atom is -0.497 e. The Kier molecular flexibility index (Phi) is 13.8. The molecule has 2 aromatic carbocycles. The molecule has 16 heteroatoms. The second-order valence-electron chi connectivity index (χ2n) is 15.8. The summed E-state index contributed by atoms with van der Waals surface area (Å²) >= 11 is 0. The number of methoxy groups -OCH3 is 4. The lowest BCUT2D eigenvalue weighted by Gasteiger charge is -2.33. The summed E-state index contributed by atoms with van der Waals surface area (Å²) in [5, 5.41) is 16.6. The Balaban J connectivity index is 1.38. The van der Waals surface area contributed by atoms with E-state index in [-0.39, 0.29) is 48.5 Å². The number of imidazole rings is 1. The van der Waals surface area contributed by atoms with Crippen LogP contribution in [0.1, 0.15) is 100 Å². The number of aliphatic hydroxyl groups is 1. The number of likely N-dealkylation sites (tertiary alicyclic amines) is 1. The van der Waals surface area contributed by atoms with E-state index in [4.69, 9.17) is 43.5 Å². The fourth-order valence-corrected chi connectivity index (χ4v) is 7.27. The van der Waals surface area contributed by atoms with Crippen LogP contribution in [0.3, 0.4) is 0 Å². The van der Waals surface area contributed by atoms with Crippen molar-refractivity contribution in [3.63, 3.8) is 0 Å². The fourth-order valence-electron chi connectivity index (χ4n) is 7.27. The van der Waals surface area contributed by atoms with Gasteiger partial charge in [-0.2, -0.15) is 9.37 Å². The van der Waals surface area contributed by atoms with E-state index in [1.54, 1.807) is 45.5 Å². The number of carbonyl (C=O) groups excluding carboxylic acids is 1. The van der Waals surface area contributed by atoms with Crippen molar-refractivity contribution >= 4 is 17.6 Å². The molecule has 0 saturated carbocycles. The SMILES string of the molecule is CCCC(C)Oc1nc(N(Cc2ccc(OC)cc2OC)Cc2ccc(OC)cc2OC)c2ncc(C(O)c3ccc(C4CCN(C(=O)OC(C)(C)C)CC4)nc3F)n2n1. The quantitative estimate of drug-likeness (QED) is 0.0969. The zero-order valence-electron chi connectivity index (χ0n) is 35.9. The Morgan fingerprint density at radius 3 is 2.07 bits per heavy atom. The van der Waals surface area contributed by atoms with Crippen LogP contribution in [0.5, 0.6) is 29.0 Å². The van der Waals surface area contributed by atoms with Gasteiger partial charge in [0.05, 0.1) is 46.4 Å². The van der Waals surface area contributed by atoms with E-state index in [0.717, 1.165) is 24.0 Å². The number of hydrogen-bond donors (Lipinski definition) is 1. The predicted molar refractivity (Wildman–Crippen MR) is 223 cm³/mol. The van der Waals surface area contributed by atoms with Crippen LogP contribution in [0.4, 0.5) is 15.0 Å². The van der Waals surface area contributed by atoms with Gasteiger partial charge in [0.1, 0.15) is 34.7 Å². The molecule has 322 valence electrons. The number of ether oxygens (including phenoxy) is 6. The van der Waals surface area contributed by atoms with Gasteiger partial charge in [-0.1, -0.05) is 13.3 Å². The van der Waals surface area contributed by atoms with Crippen LogP contribution in [-0.2, 0) is 17.8 Å². The summed E-state index contributed by atoms with van der Waals surface area (Å²) in [5.41, 5.74) is 2.03. The standard InChI is InChI=1S/C44H56FN7O8/c1-10-11-27(2)59-42-48-41(51(25-29-12-14-31(55-6)22-36(29)57-8)26-30-13-15-32(56-7)23-37(30)58-9)40-46-24-35(52(40)49-42)38(53)33-16-17-34(47-39(33)45)28-18-20-50(21-19-28)43(54)60-44(3,4)5/h12-17,22-24,27-28,38,53H,10-11,18-21,25-26H2,1-9H3. The summed E-state index contributed by atoms with van der Waals surface area (Å²) in [6.07, 6.45) is 2.16. The molecule has 1 saturated heterocycles. The second kappa shape index (κ2) is 19.0. The molecule has 4 heterocycles. The second-order valence-corrected chi connectivity index (χ2v) is 15.8. The number of carbonyl (C=O) groups is 1. The fraction of sp³-hybridized carbons (Fsp3) is 0.477. The summed E-state index contributed by atoms with van der Waals surface area (Å²) in [6.45, 7) is 11.0. The average molecular weight is 830 g/mol. The molecule has 15 nitrogen and oxygen atoms in total. The molecule has 0 bridgehead atoms. The van der Waals surface area contributed by atoms with Crippen molar-refractivity contribution in [2.45, 2.75) is 97.1 Å². The third-order valence-electron chi connectivity index (χ3n) is 10.4. The van der Waals surface area contributed by atoms with Crippen LogP contribution in [0.2, 0.25) is 0 Å². The monoisotopic (exact) mass is 829 g/mol. The van der Waals surface area contributed by atoms with E-state index in [9.17, 15) is 9.90 Å². The number of nitrogens with zero attached hydrogens (tertiary/aromatic N) is 7. The molecule has 6 rings (SSSR count). The van der Waals surface area contributed by atoms with Gasteiger partial charge in [0.25, 0.3) is 0 Å². The van der Waals surface area contributed by atoms with Gasteiger partial charge in [-0.25, -0.2) is 19.3 Å². The van der Waals surface area contributed by atoms with Crippen LogP contribution in [-0.4, -0.2) is 93.9 Å². The molecule has 1 aliphatic heterocycles. The molecular formula is C44H56FN7O8. The summed E-state index contributed by atoms with van der Waals surface area (Å²) in [5.74, 6) is 1.96. The Morgan fingerprint density at radius 2 is 1.53 bits per heavy atom. The molecule has 0 aliphatic carbocycles. The minimum atomic E-state index is -1.50. The molecule has 1 fully saturated rings. The van der Waals surface area contributed by atoms with E-state index < -0.39 is 17.7 Å². The number of pyridine rings is 1. The molecule has 2 atom stereocenters.